The average Bonchev–Trinajstić information content (AvgIpc) is 2.83. The molecule has 1 atom stereocenters. The van der Waals surface area contributed by atoms with Gasteiger partial charge >= 0.3 is 0 Å². The molecular formula is C22H30O4. The average molecular weight is 373 g/mol. The lowest BCUT2D eigenvalue weighted by Crippen LogP contribution is -2.17. The van der Waals surface area contributed by atoms with Crippen molar-refractivity contribution in [2.75, 3.05) is 20.7 Å². The van der Waals surface area contributed by atoms with E-state index in [0.29, 0.717) is 5.56 Å². The SMILES string of the molecule is [2H]c1c([2H])c(OC([2H])([2H])C([2H])(O)CCC([2H])([2H])Cc2c([2H])c([2H])c(OC)c(OC([2H])([2H])[2H])c2[2H])c([2H])c(C)c1C. The normalized spacial score (nSPS) is 22.5. The van der Waals surface area contributed by atoms with Crippen LogP contribution >= 0.6 is 0 Å². The molecule has 0 fully saturated rings. The van der Waals surface area contributed by atoms with Crippen molar-refractivity contribution in [1.82, 2.24) is 0 Å². The molecule has 0 radical (unpaired) electrons. The molecule has 0 saturated carbocycles. The van der Waals surface area contributed by atoms with E-state index in [9.17, 15) is 5.11 Å². The van der Waals surface area contributed by atoms with Crippen molar-refractivity contribution >= 4 is 0 Å². The molecule has 1 N–H and O–H groups in total. The van der Waals surface area contributed by atoms with E-state index in [-0.39, 0.29) is 11.6 Å². The Morgan fingerprint density at radius 2 is 2.00 bits per heavy atom. The lowest BCUT2D eigenvalue weighted by molar-refractivity contribution is 0.0976. The van der Waals surface area contributed by atoms with E-state index in [0.717, 1.165) is 7.11 Å². The van der Waals surface area contributed by atoms with Crippen LogP contribution in [-0.4, -0.2) is 31.9 Å². The smallest absolute Gasteiger partial charge is 0.160 e. The zero-order valence-corrected chi connectivity index (χ0v) is 14.8. The van der Waals surface area contributed by atoms with Gasteiger partial charge < -0.3 is 19.3 Å². The number of benzene rings is 2. The van der Waals surface area contributed by atoms with Gasteiger partial charge in [-0.1, -0.05) is 18.5 Å². The van der Waals surface area contributed by atoms with Gasteiger partial charge in [0.1, 0.15) is 12.3 Å². The molecule has 26 heavy (non-hydrogen) atoms. The van der Waals surface area contributed by atoms with Gasteiger partial charge in [0.2, 0.25) is 0 Å². The molecule has 4 heteroatoms. The minimum absolute atomic E-state index is 0.240. The summed E-state index contributed by atoms with van der Waals surface area (Å²) in [4.78, 5) is 0. The van der Waals surface area contributed by atoms with E-state index < -0.39 is 98.3 Å². The largest absolute Gasteiger partial charge is 0.493 e. The van der Waals surface area contributed by atoms with Crippen molar-refractivity contribution in [2.45, 2.75) is 45.6 Å². The quantitative estimate of drug-likeness (QED) is 0.668. The predicted octanol–water partition coefficient (Wildman–Crippen LogP) is 4.47. The Morgan fingerprint density at radius 1 is 1.15 bits per heavy atom. The van der Waals surface area contributed by atoms with Gasteiger partial charge in [0.25, 0.3) is 0 Å². The van der Waals surface area contributed by atoms with E-state index in [4.69, 9.17) is 33.4 Å². The van der Waals surface area contributed by atoms with Gasteiger partial charge in [0, 0.05) is 2.74 Å². The third-order valence-electron chi connectivity index (χ3n) is 3.44. The molecule has 4 nitrogen and oxygen atoms in total. The molecule has 0 aliphatic carbocycles. The van der Waals surface area contributed by atoms with E-state index in [1.54, 1.807) is 0 Å². The van der Waals surface area contributed by atoms with Gasteiger partial charge in [-0.05, 0) is 73.9 Å². The number of hydrogen-bond acceptors (Lipinski definition) is 4. The molecule has 0 saturated heterocycles. The topological polar surface area (TPSA) is 47.9 Å². The van der Waals surface area contributed by atoms with Crippen molar-refractivity contribution in [1.29, 1.82) is 0 Å². The zero-order chi connectivity index (χ0) is 31.2. The summed E-state index contributed by atoms with van der Waals surface area (Å²) in [5.74, 6) is -1.84. The third kappa shape index (κ3) is 5.95. The molecule has 0 aromatic heterocycles. The zero-order valence-electron chi connectivity index (χ0n) is 28.8. The Kier molecular flexibility index (Phi) is 3.18. The molecule has 0 spiro atoms. The number of aliphatic hydroxyl groups is 1. The second kappa shape index (κ2) is 10.1. The second-order valence-electron chi connectivity index (χ2n) is 5.35. The third-order valence-corrected chi connectivity index (χ3v) is 3.44. The first-order chi connectivity index (χ1) is 18.0. The van der Waals surface area contributed by atoms with E-state index in [1.165, 1.54) is 13.8 Å². The van der Waals surface area contributed by atoms with Crippen molar-refractivity contribution in [3.05, 3.63) is 52.9 Å². The fourth-order valence-electron chi connectivity index (χ4n) is 1.89. The number of rotatable bonds is 10. The lowest BCUT2D eigenvalue weighted by Gasteiger charge is -2.13. The standard InChI is InChI=1S/C22H30O4/c1-16-9-11-20(13-17(16)2)26-15-19(23)8-6-5-7-18-10-12-21(24-3)22(14-18)25-4/h9-14,19,23H,5-8,15H2,1-4H3/i4D3,5D2,9D,10D,11D,12D,13D,14D,15D2,19D. The summed E-state index contributed by atoms with van der Waals surface area (Å²) < 4.78 is 127. The van der Waals surface area contributed by atoms with Crippen molar-refractivity contribution in [3.8, 4) is 17.2 Å². The molecule has 142 valence electrons. The highest BCUT2D eigenvalue weighted by atomic mass is 16.5. The monoisotopic (exact) mass is 372 g/mol. The molecule has 0 aliphatic heterocycles. The molecule has 0 amide bonds. The second-order valence-corrected chi connectivity index (χ2v) is 5.35. The Bertz CT molecular complexity index is 1240. The van der Waals surface area contributed by atoms with Gasteiger partial charge in [-0.25, -0.2) is 0 Å². The maximum atomic E-state index is 10.6. The van der Waals surface area contributed by atoms with E-state index in [1.807, 2.05) is 0 Å². The van der Waals surface area contributed by atoms with Gasteiger partial charge in [0.05, 0.1) is 36.7 Å². The number of hydrogen-bond donors (Lipinski definition) is 1. The molecule has 2 aromatic carbocycles. The van der Waals surface area contributed by atoms with Crippen molar-refractivity contribution in [3.63, 3.8) is 0 Å². The van der Waals surface area contributed by atoms with Crippen LogP contribution in [-0.2, 0) is 6.42 Å². The number of methoxy groups -OCH3 is 2. The van der Waals surface area contributed by atoms with Crippen LogP contribution in [0.1, 0.15) is 55.1 Å². The van der Waals surface area contributed by atoms with Gasteiger partial charge in [-0.3, -0.25) is 0 Å². The Hall–Kier alpha value is -2.20. The van der Waals surface area contributed by atoms with Gasteiger partial charge in [-0.15, -0.1) is 0 Å². The molecule has 0 aliphatic rings. The molecule has 1 unspecified atom stereocenters. The number of ether oxygens (including phenoxy) is 3. The molecule has 0 bridgehead atoms. The van der Waals surface area contributed by atoms with Gasteiger partial charge in [0.15, 0.2) is 11.5 Å². The lowest BCUT2D eigenvalue weighted by atomic mass is 10.0. The van der Waals surface area contributed by atoms with E-state index in [2.05, 4.69) is 0 Å². The first-order valence-electron chi connectivity index (χ1n) is 14.8. The maximum absolute atomic E-state index is 10.6. The molecule has 0 heterocycles. The Labute approximate surface area is 176 Å². The summed E-state index contributed by atoms with van der Waals surface area (Å²) in [5, 5.41) is 10.6. The summed E-state index contributed by atoms with van der Waals surface area (Å²) in [6.45, 7) is -0.292. The molecule has 2 rings (SSSR count). The maximum Gasteiger partial charge on any atom is 0.160 e. The van der Waals surface area contributed by atoms with Crippen LogP contribution in [0, 0.1) is 13.8 Å². The summed E-state index contributed by atoms with van der Waals surface area (Å²) in [5.41, 5.74) is 0.143. The Balaban J connectivity index is 2.36. The fourth-order valence-corrected chi connectivity index (χ4v) is 1.89. The fraction of sp³-hybridized carbons (Fsp3) is 0.455. The minimum Gasteiger partial charge on any atom is -0.493 e. The minimum atomic E-state index is -3.26. The highest BCUT2D eigenvalue weighted by Gasteiger charge is 2.07. The van der Waals surface area contributed by atoms with Crippen LogP contribution in [0.5, 0.6) is 17.2 Å². The Morgan fingerprint density at radius 3 is 2.77 bits per heavy atom. The highest BCUT2D eigenvalue weighted by molar-refractivity contribution is 5.42. The molecule has 2 aromatic rings. The van der Waals surface area contributed by atoms with Crippen molar-refractivity contribution < 1.29 is 38.5 Å². The summed E-state index contributed by atoms with van der Waals surface area (Å²) in [6, 6.07) is -3.32. The van der Waals surface area contributed by atoms with Crippen LogP contribution in [0.25, 0.3) is 0 Å². The first-order valence-corrected chi connectivity index (χ1v) is 7.82. The summed E-state index contributed by atoms with van der Waals surface area (Å²) >= 11 is 0. The van der Waals surface area contributed by atoms with Crippen LogP contribution < -0.4 is 14.2 Å². The van der Waals surface area contributed by atoms with Crippen LogP contribution in [0.15, 0.2) is 36.3 Å². The highest BCUT2D eigenvalue weighted by Crippen LogP contribution is 2.28. The molecular weight excluding hydrogens is 328 g/mol. The summed E-state index contributed by atoms with van der Waals surface area (Å²) in [6.07, 6.45) is -7.91. The van der Waals surface area contributed by atoms with Crippen LogP contribution in [0.3, 0.4) is 0 Å². The first kappa shape index (κ1) is 8.22. The van der Waals surface area contributed by atoms with Crippen LogP contribution in [0.4, 0.5) is 0 Å². The van der Waals surface area contributed by atoms with Gasteiger partial charge in [-0.2, -0.15) is 0 Å². The van der Waals surface area contributed by atoms with Crippen LogP contribution in [0.2, 0.25) is 0 Å². The van der Waals surface area contributed by atoms with E-state index >= 15 is 0 Å². The van der Waals surface area contributed by atoms with Crippen molar-refractivity contribution in [2.24, 2.45) is 0 Å². The summed E-state index contributed by atoms with van der Waals surface area (Å²) in [7, 11) is -1.96. The predicted molar refractivity (Wildman–Crippen MR) is 105 cm³/mol.